The maximum atomic E-state index is 11.9. The highest BCUT2D eigenvalue weighted by Gasteiger charge is 2.30. The molecule has 0 saturated carbocycles. The van der Waals surface area contributed by atoms with Gasteiger partial charge in [0.25, 0.3) is 0 Å². The molecule has 4 heteroatoms. The molecule has 2 heterocycles. The van der Waals surface area contributed by atoms with E-state index in [4.69, 9.17) is 5.11 Å². The molecular formula is C14H14N2O2. The van der Waals surface area contributed by atoms with Gasteiger partial charge in [-0.15, -0.1) is 0 Å². The molecule has 4 nitrogen and oxygen atoms in total. The Bertz CT molecular complexity index is 597. The molecule has 1 N–H and O–H groups in total. The summed E-state index contributed by atoms with van der Waals surface area (Å²) in [6.45, 7) is 0.638. The summed E-state index contributed by atoms with van der Waals surface area (Å²) in [5, 5.41) is 10.1. The Labute approximate surface area is 105 Å². The molecule has 0 aliphatic carbocycles. The lowest BCUT2D eigenvalue weighted by Crippen LogP contribution is -2.24. The molecular weight excluding hydrogens is 228 g/mol. The third kappa shape index (κ3) is 1.84. The SMILES string of the molecule is O=C1CC(CO)CN1c1cnc2ccccc2c1. The Hall–Kier alpha value is -1.94. The van der Waals surface area contributed by atoms with E-state index in [2.05, 4.69) is 4.98 Å². The number of para-hydroxylation sites is 1. The Morgan fingerprint density at radius 1 is 1.39 bits per heavy atom. The number of carbonyl (C=O) groups is 1. The maximum Gasteiger partial charge on any atom is 0.227 e. The van der Waals surface area contributed by atoms with Gasteiger partial charge in [0.1, 0.15) is 0 Å². The van der Waals surface area contributed by atoms with Gasteiger partial charge in [-0.2, -0.15) is 0 Å². The van der Waals surface area contributed by atoms with E-state index in [1.165, 1.54) is 0 Å². The third-order valence-corrected chi connectivity index (χ3v) is 3.35. The van der Waals surface area contributed by atoms with Gasteiger partial charge in [0.15, 0.2) is 0 Å². The number of hydrogen-bond donors (Lipinski definition) is 1. The molecule has 1 saturated heterocycles. The fraction of sp³-hybridized carbons (Fsp3) is 0.286. The first kappa shape index (κ1) is 11.2. The smallest absolute Gasteiger partial charge is 0.227 e. The first-order valence-electron chi connectivity index (χ1n) is 6.04. The maximum absolute atomic E-state index is 11.9. The summed E-state index contributed by atoms with van der Waals surface area (Å²) < 4.78 is 0. The van der Waals surface area contributed by atoms with E-state index in [-0.39, 0.29) is 18.4 Å². The van der Waals surface area contributed by atoms with E-state index in [0.717, 1.165) is 16.6 Å². The van der Waals surface area contributed by atoms with Crippen molar-refractivity contribution in [3.8, 4) is 0 Å². The molecule has 1 amide bonds. The van der Waals surface area contributed by atoms with Crippen LogP contribution in [0.2, 0.25) is 0 Å². The van der Waals surface area contributed by atoms with Crippen LogP contribution < -0.4 is 4.90 Å². The average Bonchev–Trinajstić information content (AvgIpc) is 2.79. The molecule has 1 atom stereocenters. The predicted octanol–water partition coefficient (Wildman–Crippen LogP) is 1.58. The minimum absolute atomic E-state index is 0.0453. The average molecular weight is 242 g/mol. The number of benzene rings is 1. The van der Waals surface area contributed by atoms with Crippen LogP contribution in [0.4, 0.5) is 5.69 Å². The fourth-order valence-electron chi connectivity index (χ4n) is 2.36. The van der Waals surface area contributed by atoms with Gasteiger partial charge in [-0.25, -0.2) is 0 Å². The third-order valence-electron chi connectivity index (χ3n) is 3.35. The van der Waals surface area contributed by atoms with Gasteiger partial charge in [-0.1, -0.05) is 18.2 Å². The number of aromatic nitrogens is 1. The lowest BCUT2D eigenvalue weighted by molar-refractivity contribution is -0.117. The highest BCUT2D eigenvalue weighted by atomic mass is 16.3. The van der Waals surface area contributed by atoms with Gasteiger partial charge in [0, 0.05) is 30.9 Å². The summed E-state index contributed by atoms with van der Waals surface area (Å²) in [6.07, 6.45) is 2.14. The minimum Gasteiger partial charge on any atom is -0.396 e. The molecule has 2 aromatic rings. The van der Waals surface area contributed by atoms with Crippen LogP contribution >= 0.6 is 0 Å². The summed E-state index contributed by atoms with van der Waals surface area (Å²) >= 11 is 0. The number of rotatable bonds is 2. The van der Waals surface area contributed by atoms with Gasteiger partial charge >= 0.3 is 0 Å². The molecule has 1 unspecified atom stereocenters. The highest BCUT2D eigenvalue weighted by Crippen LogP contribution is 2.26. The van der Waals surface area contributed by atoms with Crippen LogP contribution in [0.3, 0.4) is 0 Å². The van der Waals surface area contributed by atoms with E-state index in [9.17, 15) is 4.79 Å². The van der Waals surface area contributed by atoms with Gasteiger partial charge in [-0.05, 0) is 12.1 Å². The van der Waals surface area contributed by atoms with E-state index in [0.29, 0.717) is 13.0 Å². The molecule has 1 aliphatic heterocycles. The van der Waals surface area contributed by atoms with Crippen LogP contribution in [0.15, 0.2) is 36.5 Å². The molecule has 1 aromatic heterocycles. The zero-order valence-electron chi connectivity index (χ0n) is 9.91. The number of anilines is 1. The zero-order valence-corrected chi connectivity index (χ0v) is 9.91. The first-order chi connectivity index (χ1) is 8.78. The second-order valence-electron chi connectivity index (χ2n) is 4.64. The lowest BCUT2D eigenvalue weighted by atomic mass is 10.1. The van der Waals surface area contributed by atoms with E-state index < -0.39 is 0 Å². The predicted molar refractivity (Wildman–Crippen MR) is 69.3 cm³/mol. The summed E-state index contributed by atoms with van der Waals surface area (Å²) in [5.74, 6) is 0.107. The topological polar surface area (TPSA) is 53.4 Å². The molecule has 3 rings (SSSR count). The second-order valence-corrected chi connectivity index (χ2v) is 4.64. The summed E-state index contributed by atoms with van der Waals surface area (Å²) in [7, 11) is 0. The number of pyridine rings is 1. The van der Waals surface area contributed by atoms with Crippen molar-refractivity contribution in [1.82, 2.24) is 4.98 Å². The number of hydrogen-bond acceptors (Lipinski definition) is 3. The van der Waals surface area contributed by atoms with E-state index in [1.54, 1.807) is 11.1 Å². The van der Waals surface area contributed by atoms with E-state index >= 15 is 0 Å². The fourth-order valence-corrected chi connectivity index (χ4v) is 2.36. The van der Waals surface area contributed by atoms with Crippen LogP contribution in [-0.4, -0.2) is 29.1 Å². The largest absolute Gasteiger partial charge is 0.396 e. The van der Waals surface area contributed by atoms with Gasteiger partial charge in [0.05, 0.1) is 17.4 Å². The number of aliphatic hydroxyl groups excluding tert-OH is 1. The zero-order chi connectivity index (χ0) is 12.5. The highest BCUT2D eigenvalue weighted by molar-refractivity contribution is 5.97. The van der Waals surface area contributed by atoms with Crippen molar-refractivity contribution in [2.45, 2.75) is 6.42 Å². The van der Waals surface area contributed by atoms with Gasteiger partial charge < -0.3 is 10.0 Å². The molecule has 0 radical (unpaired) electrons. The van der Waals surface area contributed by atoms with Crippen molar-refractivity contribution in [1.29, 1.82) is 0 Å². The Kier molecular flexibility index (Phi) is 2.72. The number of aliphatic hydroxyl groups is 1. The van der Waals surface area contributed by atoms with Crippen molar-refractivity contribution in [3.63, 3.8) is 0 Å². The van der Waals surface area contributed by atoms with Crippen LogP contribution in [0.1, 0.15) is 6.42 Å². The molecule has 1 aromatic carbocycles. The first-order valence-corrected chi connectivity index (χ1v) is 6.04. The molecule has 18 heavy (non-hydrogen) atoms. The summed E-state index contributed by atoms with van der Waals surface area (Å²) in [4.78, 5) is 17.9. The van der Waals surface area contributed by atoms with Crippen molar-refractivity contribution in [2.75, 3.05) is 18.1 Å². The minimum atomic E-state index is 0.0453. The molecule has 92 valence electrons. The van der Waals surface area contributed by atoms with Crippen LogP contribution in [0.5, 0.6) is 0 Å². The molecule has 1 fully saturated rings. The molecule has 1 aliphatic rings. The number of amides is 1. The normalized spacial score (nSPS) is 19.7. The Morgan fingerprint density at radius 3 is 3.00 bits per heavy atom. The molecule has 0 spiro atoms. The summed E-state index contributed by atoms with van der Waals surface area (Å²) in [5.41, 5.74) is 1.74. The van der Waals surface area contributed by atoms with Crippen LogP contribution in [0.25, 0.3) is 10.9 Å². The van der Waals surface area contributed by atoms with Crippen LogP contribution in [-0.2, 0) is 4.79 Å². The quantitative estimate of drug-likeness (QED) is 0.870. The number of carbonyl (C=O) groups excluding carboxylic acids is 1. The van der Waals surface area contributed by atoms with Crippen molar-refractivity contribution in [2.24, 2.45) is 5.92 Å². The number of nitrogens with zero attached hydrogens (tertiary/aromatic N) is 2. The lowest BCUT2D eigenvalue weighted by Gasteiger charge is -2.16. The number of fused-ring (bicyclic) bond motifs is 1. The van der Waals surface area contributed by atoms with E-state index in [1.807, 2.05) is 30.3 Å². The Balaban J connectivity index is 1.97. The Morgan fingerprint density at radius 2 is 2.22 bits per heavy atom. The van der Waals surface area contributed by atoms with Crippen molar-refractivity contribution < 1.29 is 9.90 Å². The summed E-state index contributed by atoms with van der Waals surface area (Å²) in [6, 6.07) is 9.80. The van der Waals surface area contributed by atoms with Crippen molar-refractivity contribution >= 4 is 22.5 Å². The van der Waals surface area contributed by atoms with Crippen molar-refractivity contribution in [3.05, 3.63) is 36.5 Å². The monoisotopic (exact) mass is 242 g/mol. The van der Waals surface area contributed by atoms with Gasteiger partial charge in [0.2, 0.25) is 5.91 Å². The van der Waals surface area contributed by atoms with Crippen LogP contribution in [0, 0.1) is 5.92 Å². The molecule has 0 bridgehead atoms. The van der Waals surface area contributed by atoms with Gasteiger partial charge in [-0.3, -0.25) is 9.78 Å². The standard InChI is InChI=1S/C14H14N2O2/c17-9-10-5-14(18)16(8-10)12-6-11-3-1-2-4-13(11)15-7-12/h1-4,6-7,10,17H,5,8-9H2. The second kappa shape index (κ2) is 4.38.